The average molecular weight is 484 g/mol. The Morgan fingerprint density at radius 1 is 1.06 bits per heavy atom. The van der Waals surface area contributed by atoms with Crippen molar-refractivity contribution in [1.82, 2.24) is 20.5 Å². The highest BCUT2D eigenvalue weighted by molar-refractivity contribution is 6.11. The van der Waals surface area contributed by atoms with Crippen molar-refractivity contribution < 1.29 is 27.1 Å². The molecule has 5 rings (SSSR count). The molecule has 12 heteroatoms. The second-order valence-electron chi connectivity index (χ2n) is 7.56. The molecular formula is C23H16F4N6O2. The molecule has 35 heavy (non-hydrogen) atoms. The van der Waals surface area contributed by atoms with E-state index in [1.54, 1.807) is 12.1 Å². The molecule has 0 spiro atoms. The highest BCUT2D eigenvalue weighted by atomic mass is 19.4. The average Bonchev–Trinajstić information content (AvgIpc) is 3.50. The molecule has 0 saturated carbocycles. The summed E-state index contributed by atoms with van der Waals surface area (Å²) in [5.74, 6) is -0.451. The number of aromatic nitrogens is 3. The number of nitrogens with one attached hydrogen (secondary N) is 3. The third-order valence-electron chi connectivity index (χ3n) is 5.18. The molecule has 0 fully saturated rings. The molecule has 2 aromatic heterocycles. The van der Waals surface area contributed by atoms with Crippen LogP contribution in [0, 0.1) is 5.82 Å². The van der Waals surface area contributed by atoms with Crippen molar-refractivity contribution >= 4 is 28.3 Å². The summed E-state index contributed by atoms with van der Waals surface area (Å²) in [6.45, 7) is 1.37. The molecule has 0 bridgehead atoms. The maximum absolute atomic E-state index is 14.7. The predicted molar refractivity (Wildman–Crippen MR) is 119 cm³/mol. The van der Waals surface area contributed by atoms with Crippen molar-refractivity contribution in [3.05, 3.63) is 77.5 Å². The van der Waals surface area contributed by atoms with E-state index in [0.717, 1.165) is 24.7 Å². The highest BCUT2D eigenvalue weighted by Gasteiger charge is 2.31. The predicted octanol–water partition coefficient (Wildman–Crippen LogP) is 4.51. The van der Waals surface area contributed by atoms with Gasteiger partial charge in [0.2, 0.25) is 0 Å². The topological polar surface area (TPSA) is 104 Å². The van der Waals surface area contributed by atoms with Crippen LogP contribution < -0.4 is 15.4 Å². The zero-order valence-electron chi connectivity index (χ0n) is 17.8. The number of benzene rings is 2. The van der Waals surface area contributed by atoms with E-state index in [-0.39, 0.29) is 28.0 Å². The first kappa shape index (κ1) is 22.3. The second kappa shape index (κ2) is 8.70. The Kier molecular flexibility index (Phi) is 5.55. The maximum atomic E-state index is 14.7. The van der Waals surface area contributed by atoms with Crippen LogP contribution in [0.15, 0.2) is 59.7 Å². The summed E-state index contributed by atoms with van der Waals surface area (Å²) in [4.78, 5) is 21.2. The Morgan fingerprint density at radius 3 is 2.63 bits per heavy atom. The number of fused-ring (bicyclic) bond motifs is 1. The van der Waals surface area contributed by atoms with Gasteiger partial charge in [-0.3, -0.25) is 19.9 Å². The van der Waals surface area contributed by atoms with Gasteiger partial charge in [-0.1, -0.05) is 0 Å². The number of nitrogens with zero attached hydrogens (tertiary/aromatic N) is 3. The smallest absolute Gasteiger partial charge is 0.416 e. The lowest BCUT2D eigenvalue weighted by atomic mass is 10.1. The molecule has 3 N–H and O–H groups in total. The summed E-state index contributed by atoms with van der Waals surface area (Å²) in [7, 11) is 0. The Balaban J connectivity index is 1.33. The van der Waals surface area contributed by atoms with Crippen LogP contribution in [0.5, 0.6) is 11.5 Å². The molecule has 0 radical (unpaired) electrons. The van der Waals surface area contributed by atoms with Gasteiger partial charge in [-0.05, 0) is 36.4 Å². The van der Waals surface area contributed by atoms with Gasteiger partial charge in [0, 0.05) is 30.3 Å². The lowest BCUT2D eigenvalue weighted by Crippen LogP contribution is -2.20. The van der Waals surface area contributed by atoms with E-state index in [9.17, 15) is 22.4 Å². The van der Waals surface area contributed by atoms with Crippen LogP contribution in [-0.2, 0) is 6.18 Å². The van der Waals surface area contributed by atoms with Crippen LogP contribution in [0.2, 0.25) is 0 Å². The SMILES string of the molecule is O=C(Nc1ccc(Oc2ccnc(C3=NCCN3)c2)cc1F)c1n[nH]c2ccc(C(F)(F)F)cc12. The number of amides is 1. The van der Waals surface area contributed by atoms with Crippen molar-refractivity contribution in [3.8, 4) is 11.5 Å². The number of carbonyl (C=O) groups is 1. The first-order chi connectivity index (χ1) is 16.8. The van der Waals surface area contributed by atoms with Gasteiger partial charge < -0.3 is 15.4 Å². The summed E-state index contributed by atoms with van der Waals surface area (Å²) in [6, 6.07) is 9.92. The second-order valence-corrected chi connectivity index (χ2v) is 7.56. The van der Waals surface area contributed by atoms with Gasteiger partial charge in [0.25, 0.3) is 5.91 Å². The van der Waals surface area contributed by atoms with Gasteiger partial charge in [0.15, 0.2) is 5.69 Å². The van der Waals surface area contributed by atoms with E-state index >= 15 is 0 Å². The van der Waals surface area contributed by atoms with Crippen LogP contribution in [0.3, 0.4) is 0 Å². The van der Waals surface area contributed by atoms with Gasteiger partial charge in [0.05, 0.1) is 23.3 Å². The summed E-state index contributed by atoms with van der Waals surface area (Å²) in [5.41, 5.74) is -0.584. The number of pyridine rings is 1. The first-order valence-electron chi connectivity index (χ1n) is 10.4. The number of alkyl halides is 3. The molecule has 0 unspecified atom stereocenters. The quantitative estimate of drug-likeness (QED) is 0.362. The number of H-pyrrole nitrogens is 1. The largest absolute Gasteiger partial charge is 0.457 e. The molecule has 4 aromatic rings. The number of hydrogen-bond acceptors (Lipinski definition) is 6. The number of ether oxygens (including phenoxy) is 1. The third kappa shape index (κ3) is 4.63. The van der Waals surface area contributed by atoms with E-state index in [0.29, 0.717) is 23.8 Å². The van der Waals surface area contributed by atoms with Gasteiger partial charge in [-0.15, -0.1) is 0 Å². The number of rotatable bonds is 5. The summed E-state index contributed by atoms with van der Waals surface area (Å²) >= 11 is 0. The fourth-order valence-corrected chi connectivity index (χ4v) is 3.52. The normalized spacial score (nSPS) is 13.4. The summed E-state index contributed by atoms with van der Waals surface area (Å²) in [5, 5.41) is 11.7. The Hall–Kier alpha value is -4.48. The minimum absolute atomic E-state index is 0.0347. The van der Waals surface area contributed by atoms with E-state index in [4.69, 9.17) is 4.74 Å². The zero-order chi connectivity index (χ0) is 24.6. The first-order valence-corrected chi connectivity index (χ1v) is 10.4. The van der Waals surface area contributed by atoms with Crippen LogP contribution in [0.1, 0.15) is 21.7 Å². The minimum atomic E-state index is -4.59. The van der Waals surface area contributed by atoms with Crippen molar-refractivity contribution in [1.29, 1.82) is 0 Å². The molecule has 2 aromatic carbocycles. The van der Waals surface area contributed by atoms with Crippen LogP contribution in [0.4, 0.5) is 23.2 Å². The Labute approximate surface area is 195 Å². The molecule has 1 amide bonds. The van der Waals surface area contributed by atoms with Gasteiger partial charge in [-0.2, -0.15) is 18.3 Å². The maximum Gasteiger partial charge on any atom is 0.416 e. The molecule has 8 nitrogen and oxygen atoms in total. The van der Waals surface area contributed by atoms with Crippen molar-refractivity contribution in [3.63, 3.8) is 0 Å². The number of aromatic amines is 1. The Morgan fingerprint density at radius 2 is 1.89 bits per heavy atom. The van der Waals surface area contributed by atoms with Crippen molar-refractivity contribution in [2.45, 2.75) is 6.18 Å². The molecular weight excluding hydrogens is 468 g/mol. The molecule has 3 heterocycles. The standard InChI is InChI=1S/C23H16F4N6O2/c24-16-10-13(35-14-5-6-28-19(11-14)21-29-7-8-30-21)2-4-18(16)31-22(34)20-15-9-12(23(25,26)27)1-3-17(15)32-33-20/h1-6,9-11H,7-8H2,(H,29,30)(H,31,34)(H,32,33). The fourth-order valence-electron chi connectivity index (χ4n) is 3.52. The number of anilines is 1. The molecule has 1 aliphatic rings. The van der Waals surface area contributed by atoms with E-state index < -0.39 is 23.5 Å². The molecule has 0 atom stereocenters. The molecule has 0 saturated heterocycles. The monoisotopic (exact) mass is 484 g/mol. The van der Waals surface area contributed by atoms with Crippen molar-refractivity contribution in [2.75, 3.05) is 18.4 Å². The fraction of sp³-hybridized carbons (Fsp3) is 0.130. The highest BCUT2D eigenvalue weighted by Crippen LogP contribution is 2.32. The van der Waals surface area contributed by atoms with E-state index in [1.807, 2.05) is 0 Å². The number of halogens is 4. The van der Waals surface area contributed by atoms with Crippen LogP contribution in [0.25, 0.3) is 10.9 Å². The number of amidine groups is 1. The molecule has 1 aliphatic heterocycles. The zero-order valence-corrected chi connectivity index (χ0v) is 17.8. The number of carbonyl (C=O) groups excluding carboxylic acids is 1. The van der Waals surface area contributed by atoms with Crippen LogP contribution in [-0.4, -0.2) is 40.0 Å². The lowest BCUT2D eigenvalue weighted by Gasteiger charge is -2.10. The van der Waals surface area contributed by atoms with E-state index in [1.165, 1.54) is 24.4 Å². The summed E-state index contributed by atoms with van der Waals surface area (Å²) in [6.07, 6.45) is -3.05. The Bertz CT molecular complexity index is 1460. The number of aliphatic imine (C=N–C) groups is 1. The van der Waals surface area contributed by atoms with Crippen LogP contribution >= 0.6 is 0 Å². The summed E-state index contributed by atoms with van der Waals surface area (Å²) < 4.78 is 59.5. The lowest BCUT2D eigenvalue weighted by molar-refractivity contribution is -0.137. The molecule has 178 valence electrons. The minimum Gasteiger partial charge on any atom is -0.457 e. The number of hydrogen-bond donors (Lipinski definition) is 3. The third-order valence-corrected chi connectivity index (χ3v) is 5.18. The molecule has 0 aliphatic carbocycles. The van der Waals surface area contributed by atoms with Gasteiger partial charge >= 0.3 is 6.18 Å². The van der Waals surface area contributed by atoms with Crippen molar-refractivity contribution in [2.24, 2.45) is 4.99 Å². The van der Waals surface area contributed by atoms with Gasteiger partial charge in [-0.25, -0.2) is 4.39 Å². The van der Waals surface area contributed by atoms with Gasteiger partial charge in [0.1, 0.15) is 28.8 Å². The van der Waals surface area contributed by atoms with E-state index in [2.05, 4.69) is 30.8 Å².